The van der Waals surface area contributed by atoms with Crippen LogP contribution in [0.1, 0.15) is 12.7 Å². The van der Waals surface area contributed by atoms with Crippen molar-refractivity contribution in [1.29, 1.82) is 0 Å². The lowest BCUT2D eigenvalue weighted by molar-refractivity contribution is -0.384. The largest absolute Gasteiger partial charge is 0.457 e. The minimum atomic E-state index is -0.456. The Morgan fingerprint density at radius 1 is 1.17 bits per heavy atom. The topological polar surface area (TPSA) is 109 Å². The number of carbonyl (C=O) groups excluding carboxylic acids is 2. The molecule has 0 radical (unpaired) electrons. The lowest BCUT2D eigenvalue weighted by Crippen LogP contribution is -2.49. The maximum atomic E-state index is 12.3. The Bertz CT molecular complexity index is 1070. The van der Waals surface area contributed by atoms with Gasteiger partial charge in [0.1, 0.15) is 11.5 Å². The minimum Gasteiger partial charge on any atom is -0.457 e. The van der Waals surface area contributed by atoms with Crippen LogP contribution in [0.25, 0.3) is 17.4 Å². The van der Waals surface area contributed by atoms with Crippen LogP contribution in [0.4, 0.5) is 5.69 Å². The third-order valence-electron chi connectivity index (χ3n) is 4.87. The van der Waals surface area contributed by atoms with Gasteiger partial charge in [-0.1, -0.05) is 0 Å². The Morgan fingerprint density at radius 3 is 2.50 bits per heavy atom. The zero-order chi connectivity index (χ0) is 21.3. The molecular formula is C20H18N4O5S. The molecule has 1 aromatic heterocycles. The minimum absolute atomic E-state index is 0.00872. The number of amides is 2. The summed E-state index contributed by atoms with van der Waals surface area (Å²) in [5.41, 5.74) is 0.713. The number of non-ortho nitro benzene ring substituents is 1. The van der Waals surface area contributed by atoms with E-state index in [0.29, 0.717) is 53.3 Å². The molecule has 2 aliphatic rings. The first-order valence-electron chi connectivity index (χ1n) is 9.28. The maximum Gasteiger partial charge on any atom is 0.286 e. The monoisotopic (exact) mass is 426 g/mol. The highest BCUT2D eigenvalue weighted by Crippen LogP contribution is 2.32. The van der Waals surface area contributed by atoms with E-state index < -0.39 is 4.92 Å². The lowest BCUT2D eigenvalue weighted by atomic mass is 10.1. The van der Waals surface area contributed by atoms with Crippen molar-refractivity contribution in [3.8, 4) is 11.3 Å². The molecule has 0 bridgehead atoms. The van der Waals surface area contributed by atoms with Crippen molar-refractivity contribution >= 4 is 40.5 Å². The highest BCUT2D eigenvalue weighted by Gasteiger charge is 2.29. The molecule has 154 valence electrons. The molecule has 1 aromatic carbocycles. The summed E-state index contributed by atoms with van der Waals surface area (Å²) in [7, 11) is 0. The van der Waals surface area contributed by atoms with Gasteiger partial charge in [-0.15, -0.1) is 0 Å². The van der Waals surface area contributed by atoms with Crippen LogP contribution in [-0.2, 0) is 9.59 Å². The van der Waals surface area contributed by atoms with E-state index in [1.807, 2.05) is 4.90 Å². The molecule has 2 aliphatic heterocycles. The maximum absolute atomic E-state index is 12.3. The number of thioether (sulfide) groups is 1. The first-order chi connectivity index (χ1) is 14.4. The number of aliphatic imine (C=N–C) groups is 1. The molecule has 1 saturated heterocycles. The normalized spacial score (nSPS) is 18.1. The summed E-state index contributed by atoms with van der Waals surface area (Å²) in [5, 5.41) is 11.4. The number of piperazine rings is 1. The van der Waals surface area contributed by atoms with Crippen molar-refractivity contribution in [3.05, 3.63) is 57.2 Å². The molecule has 3 heterocycles. The first-order valence-corrected chi connectivity index (χ1v) is 10.1. The van der Waals surface area contributed by atoms with E-state index in [-0.39, 0.29) is 17.5 Å². The Labute approximate surface area is 176 Å². The average molecular weight is 426 g/mol. The van der Waals surface area contributed by atoms with Crippen LogP contribution in [0, 0.1) is 10.1 Å². The number of rotatable bonds is 3. The third-order valence-corrected chi connectivity index (χ3v) is 5.91. The van der Waals surface area contributed by atoms with Crippen LogP contribution in [-0.4, -0.2) is 57.9 Å². The molecule has 9 nitrogen and oxygen atoms in total. The number of carbonyl (C=O) groups is 2. The van der Waals surface area contributed by atoms with Gasteiger partial charge in [0, 0.05) is 56.9 Å². The third kappa shape index (κ3) is 4.13. The summed E-state index contributed by atoms with van der Waals surface area (Å²) in [6.45, 7) is 4.04. The zero-order valence-electron chi connectivity index (χ0n) is 16.1. The SMILES string of the molecule is CC(=O)N1CCN(C2=NC(=O)/C(=C\c3ccc(-c4ccc([N+](=O)[O-])cc4)o3)S2)CC1. The molecule has 0 N–H and O–H groups in total. The number of nitro benzene ring substituents is 1. The molecule has 0 saturated carbocycles. The molecule has 0 unspecified atom stereocenters. The van der Waals surface area contributed by atoms with Gasteiger partial charge >= 0.3 is 0 Å². The van der Waals surface area contributed by atoms with Crippen LogP contribution in [0.15, 0.2) is 50.7 Å². The van der Waals surface area contributed by atoms with Gasteiger partial charge in [0.25, 0.3) is 11.6 Å². The van der Waals surface area contributed by atoms with Crippen molar-refractivity contribution in [3.63, 3.8) is 0 Å². The first kappa shape index (κ1) is 19.9. The van der Waals surface area contributed by atoms with Gasteiger partial charge in [0.2, 0.25) is 5.91 Å². The smallest absolute Gasteiger partial charge is 0.286 e. The van der Waals surface area contributed by atoms with E-state index in [1.54, 1.807) is 42.2 Å². The van der Waals surface area contributed by atoms with E-state index in [1.165, 1.54) is 23.9 Å². The van der Waals surface area contributed by atoms with Crippen LogP contribution in [0.5, 0.6) is 0 Å². The number of benzene rings is 1. The zero-order valence-corrected chi connectivity index (χ0v) is 16.9. The Morgan fingerprint density at radius 2 is 1.87 bits per heavy atom. The molecule has 0 spiro atoms. The van der Waals surface area contributed by atoms with Crippen LogP contribution in [0.2, 0.25) is 0 Å². The van der Waals surface area contributed by atoms with Crippen molar-refractivity contribution in [2.45, 2.75) is 6.92 Å². The molecule has 0 aliphatic carbocycles. The standard InChI is InChI=1S/C20H18N4O5S/c1-13(25)22-8-10-23(11-9-22)20-21-19(26)18(30-20)12-16-6-7-17(29-16)14-2-4-15(5-3-14)24(27)28/h2-7,12H,8-11H2,1H3/b18-12+. The van der Waals surface area contributed by atoms with Gasteiger partial charge in [-0.25, -0.2) is 0 Å². The molecule has 4 rings (SSSR count). The molecule has 1 fully saturated rings. The number of hydrogen-bond acceptors (Lipinski definition) is 7. The predicted octanol–water partition coefficient (Wildman–Crippen LogP) is 2.99. The quantitative estimate of drug-likeness (QED) is 0.422. The number of hydrogen-bond donors (Lipinski definition) is 0. The number of amidine groups is 1. The van der Waals surface area contributed by atoms with E-state index >= 15 is 0 Å². The summed E-state index contributed by atoms with van der Waals surface area (Å²) >= 11 is 1.29. The molecule has 2 aromatic rings. The van der Waals surface area contributed by atoms with Crippen LogP contribution >= 0.6 is 11.8 Å². The average Bonchev–Trinajstić information content (AvgIpc) is 3.35. The predicted molar refractivity (Wildman–Crippen MR) is 113 cm³/mol. The lowest BCUT2D eigenvalue weighted by Gasteiger charge is -2.34. The molecular weight excluding hydrogens is 408 g/mol. The van der Waals surface area contributed by atoms with Gasteiger partial charge < -0.3 is 14.2 Å². The van der Waals surface area contributed by atoms with E-state index in [4.69, 9.17) is 4.42 Å². The summed E-state index contributed by atoms with van der Waals surface area (Å²) in [5.74, 6) is 0.775. The van der Waals surface area contributed by atoms with Crippen molar-refractivity contribution < 1.29 is 18.9 Å². The Balaban J connectivity index is 1.43. The molecule has 2 amide bonds. The highest BCUT2D eigenvalue weighted by molar-refractivity contribution is 8.18. The van der Waals surface area contributed by atoms with Crippen LogP contribution in [0.3, 0.4) is 0 Å². The summed E-state index contributed by atoms with van der Waals surface area (Å²) in [6.07, 6.45) is 1.64. The summed E-state index contributed by atoms with van der Waals surface area (Å²) in [6, 6.07) is 9.55. The van der Waals surface area contributed by atoms with Gasteiger partial charge in [-0.2, -0.15) is 4.99 Å². The number of nitro groups is 1. The summed E-state index contributed by atoms with van der Waals surface area (Å²) < 4.78 is 5.78. The summed E-state index contributed by atoms with van der Waals surface area (Å²) in [4.78, 5) is 42.5. The van der Waals surface area contributed by atoms with Gasteiger partial charge in [0.15, 0.2) is 5.17 Å². The fourth-order valence-electron chi connectivity index (χ4n) is 3.21. The Kier molecular flexibility index (Phi) is 5.40. The van der Waals surface area contributed by atoms with Crippen molar-refractivity contribution in [2.24, 2.45) is 4.99 Å². The fraction of sp³-hybridized carbons (Fsp3) is 0.250. The second-order valence-corrected chi connectivity index (χ2v) is 7.82. The second kappa shape index (κ2) is 8.15. The van der Waals surface area contributed by atoms with Gasteiger partial charge in [0.05, 0.1) is 9.83 Å². The van der Waals surface area contributed by atoms with E-state index in [2.05, 4.69) is 4.99 Å². The molecule has 10 heteroatoms. The van der Waals surface area contributed by atoms with Gasteiger partial charge in [-0.3, -0.25) is 19.7 Å². The molecule has 0 atom stereocenters. The number of nitrogens with zero attached hydrogens (tertiary/aromatic N) is 4. The fourth-order valence-corrected chi connectivity index (χ4v) is 4.15. The van der Waals surface area contributed by atoms with Crippen molar-refractivity contribution in [1.82, 2.24) is 9.80 Å². The second-order valence-electron chi connectivity index (χ2n) is 6.81. The molecule has 30 heavy (non-hydrogen) atoms. The van der Waals surface area contributed by atoms with Gasteiger partial charge in [-0.05, 0) is 36.0 Å². The highest BCUT2D eigenvalue weighted by atomic mass is 32.2. The van der Waals surface area contributed by atoms with Crippen molar-refractivity contribution in [2.75, 3.05) is 26.2 Å². The van der Waals surface area contributed by atoms with E-state index in [0.717, 1.165) is 0 Å². The Hall–Kier alpha value is -3.40. The van der Waals surface area contributed by atoms with E-state index in [9.17, 15) is 19.7 Å². The van der Waals surface area contributed by atoms with Crippen LogP contribution < -0.4 is 0 Å². The number of furan rings is 1.